The molecule has 1 nitrogen and oxygen atoms in total. The van der Waals surface area contributed by atoms with E-state index in [9.17, 15) is 4.79 Å². The molecule has 0 bridgehead atoms. The number of carbonyl (C=O) groups excluding carboxylic acids is 1. The van der Waals surface area contributed by atoms with E-state index in [1.54, 1.807) is 0 Å². The Kier molecular flexibility index (Phi) is 4.33. The fourth-order valence-electron chi connectivity index (χ4n) is 1.48. The Hall–Kier alpha value is -0.630. The number of aryl methyl sites for hydroxylation is 2. The van der Waals surface area contributed by atoms with E-state index < -0.39 is 0 Å². The van der Waals surface area contributed by atoms with Gasteiger partial charge in [0.15, 0.2) is 5.78 Å². The van der Waals surface area contributed by atoms with Crippen molar-refractivity contribution in [3.8, 4) is 0 Å². The minimum Gasteiger partial charge on any atom is -0.293 e. The van der Waals surface area contributed by atoms with Crippen LogP contribution in [0.4, 0.5) is 0 Å². The molecule has 0 aromatic heterocycles. The van der Waals surface area contributed by atoms with Gasteiger partial charge in [-0.2, -0.15) is 0 Å². The molecule has 0 unspecified atom stereocenters. The molecule has 0 N–H and O–H groups in total. The van der Waals surface area contributed by atoms with Crippen LogP contribution in [0, 0.1) is 0 Å². The van der Waals surface area contributed by atoms with Crippen LogP contribution in [-0.2, 0) is 12.8 Å². The fourth-order valence-corrected chi connectivity index (χ4v) is 1.79. The van der Waals surface area contributed by atoms with Crippen molar-refractivity contribution < 1.29 is 4.79 Å². The molecule has 1 aromatic carbocycles. The highest BCUT2D eigenvalue weighted by atomic mass is 79.9. The summed E-state index contributed by atoms with van der Waals surface area (Å²) in [5, 5.41) is 0.410. The molecular weight excluding hydrogens is 240 g/mol. The van der Waals surface area contributed by atoms with Gasteiger partial charge in [-0.1, -0.05) is 41.9 Å². The van der Waals surface area contributed by atoms with Crippen LogP contribution in [0.25, 0.3) is 0 Å². The number of alkyl halides is 1. The molecule has 1 rings (SSSR count). The molecular formula is C12H15BrO. The molecule has 0 fully saturated rings. The average molecular weight is 255 g/mol. The first kappa shape index (κ1) is 11.4. The Balaban J connectivity index is 3.14. The number of ketones is 1. The molecule has 0 atom stereocenters. The van der Waals surface area contributed by atoms with E-state index in [4.69, 9.17) is 0 Å². The van der Waals surface area contributed by atoms with Gasteiger partial charge >= 0.3 is 0 Å². The molecule has 0 saturated carbocycles. The molecule has 0 saturated heterocycles. The summed E-state index contributed by atoms with van der Waals surface area (Å²) in [6.45, 7) is 4.18. The van der Waals surface area contributed by atoms with E-state index in [1.807, 2.05) is 6.07 Å². The van der Waals surface area contributed by atoms with Crippen LogP contribution >= 0.6 is 15.9 Å². The monoisotopic (exact) mass is 254 g/mol. The molecule has 0 aliphatic heterocycles. The Morgan fingerprint density at radius 3 is 2.50 bits per heavy atom. The van der Waals surface area contributed by atoms with Gasteiger partial charge in [-0.15, -0.1) is 0 Å². The Bertz CT molecular complexity index is 331. The molecule has 0 aliphatic carbocycles. The summed E-state index contributed by atoms with van der Waals surface area (Å²) in [4.78, 5) is 11.6. The van der Waals surface area contributed by atoms with Crippen molar-refractivity contribution >= 4 is 21.7 Å². The SMILES string of the molecule is CCc1ccc(CC)c(C(=O)CBr)c1. The minimum atomic E-state index is 0.178. The standard InChI is InChI=1S/C12H15BrO/c1-3-9-5-6-10(4-2)11(7-9)12(14)8-13/h5-7H,3-4,8H2,1-2H3. The maximum absolute atomic E-state index is 11.6. The normalized spacial score (nSPS) is 10.2. The number of Topliss-reactive ketones (excluding diaryl/α,β-unsaturated/α-hetero) is 1. The van der Waals surface area contributed by atoms with Crippen LogP contribution in [0.2, 0.25) is 0 Å². The summed E-state index contributed by atoms with van der Waals surface area (Å²) in [5.41, 5.74) is 3.25. The first-order valence-electron chi connectivity index (χ1n) is 4.93. The smallest absolute Gasteiger partial charge is 0.173 e. The largest absolute Gasteiger partial charge is 0.293 e. The number of halogens is 1. The molecule has 76 valence electrons. The highest BCUT2D eigenvalue weighted by Crippen LogP contribution is 2.15. The predicted molar refractivity (Wildman–Crippen MR) is 63.3 cm³/mol. The van der Waals surface area contributed by atoms with E-state index in [1.165, 1.54) is 5.56 Å². The van der Waals surface area contributed by atoms with Gasteiger partial charge in [-0.25, -0.2) is 0 Å². The van der Waals surface area contributed by atoms with Gasteiger partial charge in [0.2, 0.25) is 0 Å². The number of benzene rings is 1. The van der Waals surface area contributed by atoms with E-state index in [2.05, 4.69) is 41.9 Å². The second-order valence-corrected chi connectivity index (χ2v) is 3.82. The first-order valence-corrected chi connectivity index (χ1v) is 6.06. The van der Waals surface area contributed by atoms with Gasteiger partial charge in [0.1, 0.15) is 0 Å². The van der Waals surface area contributed by atoms with E-state index in [0.29, 0.717) is 5.33 Å². The lowest BCUT2D eigenvalue weighted by Gasteiger charge is -2.07. The second kappa shape index (κ2) is 5.30. The number of hydrogen-bond acceptors (Lipinski definition) is 1. The Morgan fingerprint density at radius 2 is 2.00 bits per heavy atom. The summed E-state index contributed by atoms with van der Waals surface area (Å²) >= 11 is 3.21. The summed E-state index contributed by atoms with van der Waals surface area (Å²) in [6, 6.07) is 6.18. The van der Waals surface area contributed by atoms with E-state index in [0.717, 1.165) is 24.0 Å². The number of rotatable bonds is 4. The third-order valence-electron chi connectivity index (χ3n) is 2.39. The quantitative estimate of drug-likeness (QED) is 0.595. The zero-order valence-corrected chi connectivity index (χ0v) is 10.2. The molecule has 0 amide bonds. The zero-order valence-electron chi connectivity index (χ0n) is 8.64. The van der Waals surface area contributed by atoms with Crippen molar-refractivity contribution in [2.24, 2.45) is 0 Å². The Labute approximate surface area is 93.7 Å². The van der Waals surface area contributed by atoms with Crippen LogP contribution in [0.5, 0.6) is 0 Å². The highest BCUT2D eigenvalue weighted by molar-refractivity contribution is 9.09. The lowest BCUT2D eigenvalue weighted by Crippen LogP contribution is -2.05. The van der Waals surface area contributed by atoms with Crippen molar-refractivity contribution in [3.05, 3.63) is 34.9 Å². The maximum Gasteiger partial charge on any atom is 0.173 e. The van der Waals surface area contributed by atoms with Crippen LogP contribution in [0.15, 0.2) is 18.2 Å². The van der Waals surface area contributed by atoms with E-state index in [-0.39, 0.29) is 5.78 Å². The summed E-state index contributed by atoms with van der Waals surface area (Å²) in [6.07, 6.45) is 1.89. The molecule has 0 spiro atoms. The fraction of sp³-hybridized carbons (Fsp3) is 0.417. The number of carbonyl (C=O) groups is 1. The van der Waals surface area contributed by atoms with Crippen molar-refractivity contribution in [2.75, 3.05) is 5.33 Å². The van der Waals surface area contributed by atoms with Crippen molar-refractivity contribution in [3.63, 3.8) is 0 Å². The van der Waals surface area contributed by atoms with Gasteiger partial charge in [-0.3, -0.25) is 4.79 Å². The average Bonchev–Trinajstić information content (AvgIpc) is 2.27. The maximum atomic E-state index is 11.6. The van der Waals surface area contributed by atoms with Gasteiger partial charge in [-0.05, 0) is 30.0 Å². The molecule has 0 heterocycles. The summed E-state index contributed by atoms with van der Waals surface area (Å²) < 4.78 is 0. The molecule has 0 aliphatic rings. The van der Waals surface area contributed by atoms with Crippen LogP contribution in [0.3, 0.4) is 0 Å². The Morgan fingerprint density at radius 1 is 1.29 bits per heavy atom. The molecule has 1 aromatic rings. The lowest BCUT2D eigenvalue weighted by atomic mass is 9.98. The van der Waals surface area contributed by atoms with Crippen LogP contribution < -0.4 is 0 Å². The molecule has 2 heteroatoms. The zero-order chi connectivity index (χ0) is 10.6. The molecule has 0 radical (unpaired) electrons. The third-order valence-corrected chi connectivity index (χ3v) is 2.89. The third kappa shape index (κ3) is 2.44. The van der Waals surface area contributed by atoms with Crippen molar-refractivity contribution in [2.45, 2.75) is 26.7 Å². The van der Waals surface area contributed by atoms with Crippen molar-refractivity contribution in [1.29, 1.82) is 0 Å². The van der Waals surface area contributed by atoms with Gasteiger partial charge in [0, 0.05) is 5.56 Å². The number of hydrogen-bond donors (Lipinski definition) is 0. The van der Waals surface area contributed by atoms with Crippen molar-refractivity contribution in [1.82, 2.24) is 0 Å². The highest BCUT2D eigenvalue weighted by Gasteiger charge is 2.09. The predicted octanol–water partition coefficient (Wildman–Crippen LogP) is 3.39. The lowest BCUT2D eigenvalue weighted by molar-refractivity contribution is 0.102. The summed E-state index contributed by atoms with van der Waals surface area (Å²) in [7, 11) is 0. The topological polar surface area (TPSA) is 17.1 Å². The van der Waals surface area contributed by atoms with Crippen LogP contribution in [-0.4, -0.2) is 11.1 Å². The first-order chi connectivity index (χ1) is 6.72. The molecule has 14 heavy (non-hydrogen) atoms. The van der Waals surface area contributed by atoms with Gasteiger partial charge < -0.3 is 0 Å². The second-order valence-electron chi connectivity index (χ2n) is 3.26. The van der Waals surface area contributed by atoms with Crippen LogP contribution in [0.1, 0.15) is 35.3 Å². The minimum absolute atomic E-state index is 0.178. The summed E-state index contributed by atoms with van der Waals surface area (Å²) in [5.74, 6) is 0.178. The van der Waals surface area contributed by atoms with E-state index >= 15 is 0 Å². The van der Waals surface area contributed by atoms with Gasteiger partial charge in [0.25, 0.3) is 0 Å². The van der Waals surface area contributed by atoms with Gasteiger partial charge in [0.05, 0.1) is 5.33 Å².